The molecule has 168 valence electrons. The molecule has 2 N–H and O–H groups in total. The predicted octanol–water partition coefficient (Wildman–Crippen LogP) is 5.79. The fourth-order valence-corrected chi connectivity index (χ4v) is 4.23. The van der Waals surface area contributed by atoms with Crippen LogP contribution in [0.15, 0.2) is 58.4 Å². The van der Waals surface area contributed by atoms with Crippen molar-refractivity contribution in [2.75, 3.05) is 7.11 Å². The van der Waals surface area contributed by atoms with Crippen LogP contribution in [0.3, 0.4) is 0 Å². The Morgan fingerprint density at radius 3 is 2.34 bits per heavy atom. The van der Waals surface area contributed by atoms with Gasteiger partial charge in [-0.2, -0.15) is 0 Å². The van der Waals surface area contributed by atoms with E-state index in [0.717, 1.165) is 9.35 Å². The van der Waals surface area contributed by atoms with Crippen LogP contribution in [0.2, 0.25) is 5.02 Å². The summed E-state index contributed by atoms with van der Waals surface area (Å²) >= 11 is 10.8. The van der Waals surface area contributed by atoms with E-state index in [0.29, 0.717) is 33.7 Å². The van der Waals surface area contributed by atoms with Gasteiger partial charge in [-0.1, -0.05) is 23.7 Å². The molecule has 2 aromatic carbocycles. The molecule has 0 unspecified atom stereocenters. The summed E-state index contributed by atoms with van der Waals surface area (Å²) in [5.41, 5.74) is -0.183. The summed E-state index contributed by atoms with van der Waals surface area (Å²) in [6.07, 6.45) is 0. The maximum Gasteiger partial charge on any atom is 0.262 e. The lowest BCUT2D eigenvalue weighted by Gasteiger charge is -2.25. The number of nitrogens with one attached hydrogen (secondary N) is 2. The first-order valence-corrected chi connectivity index (χ1v) is 11.6. The first-order valence-electron chi connectivity index (χ1n) is 9.64. The van der Waals surface area contributed by atoms with Crippen molar-refractivity contribution in [2.45, 2.75) is 25.9 Å². The van der Waals surface area contributed by atoms with Gasteiger partial charge in [0.05, 0.1) is 20.8 Å². The molecular weight excluding hydrogens is 516 g/mol. The molecule has 0 saturated heterocycles. The summed E-state index contributed by atoms with van der Waals surface area (Å²) in [7, 11) is 1.57. The molecular formula is C23H22BrClN2O4S. The van der Waals surface area contributed by atoms with E-state index in [1.54, 1.807) is 63.4 Å². The molecule has 0 aliphatic heterocycles. The third-order valence-corrected chi connectivity index (χ3v) is 6.45. The Hall–Kier alpha value is -2.55. The van der Waals surface area contributed by atoms with Crippen molar-refractivity contribution in [3.63, 3.8) is 0 Å². The van der Waals surface area contributed by atoms with Gasteiger partial charge in [-0.25, -0.2) is 0 Å². The third-order valence-electron chi connectivity index (χ3n) is 4.53. The zero-order chi connectivity index (χ0) is 23.3. The Morgan fingerprint density at radius 1 is 1.06 bits per heavy atom. The van der Waals surface area contributed by atoms with Crippen LogP contribution in [-0.4, -0.2) is 24.5 Å². The van der Waals surface area contributed by atoms with Crippen LogP contribution in [0.5, 0.6) is 17.2 Å². The van der Waals surface area contributed by atoms with Crippen LogP contribution in [0.1, 0.15) is 29.1 Å². The molecule has 9 heteroatoms. The van der Waals surface area contributed by atoms with E-state index in [9.17, 15) is 9.59 Å². The van der Waals surface area contributed by atoms with Gasteiger partial charge in [0.2, 0.25) is 5.91 Å². The summed E-state index contributed by atoms with van der Waals surface area (Å²) in [5, 5.41) is 6.07. The van der Waals surface area contributed by atoms with Crippen molar-refractivity contribution in [3.8, 4) is 17.2 Å². The number of halogens is 2. The van der Waals surface area contributed by atoms with Gasteiger partial charge in [0.1, 0.15) is 22.8 Å². The fraction of sp³-hybridized carbons (Fsp3) is 0.217. The van der Waals surface area contributed by atoms with Crippen molar-refractivity contribution < 1.29 is 19.1 Å². The topological polar surface area (TPSA) is 76.7 Å². The highest BCUT2D eigenvalue weighted by Crippen LogP contribution is 2.32. The molecule has 1 aromatic heterocycles. The van der Waals surface area contributed by atoms with Crippen molar-refractivity contribution >= 4 is 50.7 Å². The zero-order valence-electron chi connectivity index (χ0n) is 17.7. The summed E-state index contributed by atoms with van der Waals surface area (Å²) in [6, 6.07) is 16.0. The lowest BCUT2D eigenvalue weighted by atomic mass is 10.0. The minimum atomic E-state index is -1.07. The molecule has 3 aromatic rings. The van der Waals surface area contributed by atoms with E-state index < -0.39 is 5.54 Å². The van der Waals surface area contributed by atoms with Gasteiger partial charge in [-0.3, -0.25) is 9.59 Å². The normalized spacial score (nSPS) is 11.0. The van der Waals surface area contributed by atoms with E-state index in [4.69, 9.17) is 21.1 Å². The third kappa shape index (κ3) is 6.25. The summed E-state index contributed by atoms with van der Waals surface area (Å²) in [5.74, 6) is 1.20. The summed E-state index contributed by atoms with van der Waals surface area (Å²) in [4.78, 5) is 25.5. The smallest absolute Gasteiger partial charge is 0.262 e. The molecule has 0 saturated carbocycles. The number of amides is 2. The fourth-order valence-electron chi connectivity index (χ4n) is 2.74. The van der Waals surface area contributed by atoms with Crippen molar-refractivity contribution in [2.24, 2.45) is 0 Å². The van der Waals surface area contributed by atoms with Gasteiger partial charge in [0, 0.05) is 12.6 Å². The monoisotopic (exact) mass is 536 g/mol. The average molecular weight is 538 g/mol. The minimum absolute atomic E-state index is 0.285. The Bertz CT molecular complexity index is 1120. The van der Waals surface area contributed by atoms with Crippen LogP contribution in [-0.2, 0) is 11.3 Å². The Balaban J connectivity index is 1.55. The molecule has 6 nitrogen and oxygen atoms in total. The highest BCUT2D eigenvalue weighted by Gasteiger charge is 2.30. The number of carbonyl (C=O) groups is 2. The molecule has 32 heavy (non-hydrogen) atoms. The van der Waals surface area contributed by atoms with E-state index in [1.165, 1.54) is 11.3 Å². The van der Waals surface area contributed by atoms with E-state index in [-0.39, 0.29) is 11.8 Å². The lowest BCUT2D eigenvalue weighted by Crippen LogP contribution is -2.54. The van der Waals surface area contributed by atoms with Crippen molar-refractivity contribution in [3.05, 3.63) is 73.8 Å². The molecule has 3 rings (SSSR count). The molecule has 0 aliphatic carbocycles. The zero-order valence-corrected chi connectivity index (χ0v) is 20.9. The number of rotatable bonds is 8. The van der Waals surface area contributed by atoms with Gasteiger partial charge < -0.3 is 20.1 Å². The molecule has 0 spiro atoms. The largest absolute Gasteiger partial charge is 0.497 e. The number of hydrogen-bond acceptors (Lipinski definition) is 5. The number of methoxy groups -OCH3 is 1. The molecule has 0 bridgehead atoms. The van der Waals surface area contributed by atoms with Crippen molar-refractivity contribution in [1.29, 1.82) is 0 Å². The number of benzene rings is 2. The Morgan fingerprint density at radius 2 is 1.75 bits per heavy atom. The maximum absolute atomic E-state index is 12.6. The molecule has 0 atom stereocenters. The second kappa shape index (κ2) is 10.4. The average Bonchev–Trinajstić information content (AvgIpc) is 3.20. The SMILES string of the molecule is COc1ccc(Oc2ccc(CNC(=O)C(C)(C)NC(=O)c3ccc(Br)s3)cc2)c(Cl)c1. The number of thiophene rings is 1. The number of carbonyl (C=O) groups excluding carboxylic acids is 2. The van der Waals surface area contributed by atoms with E-state index in [2.05, 4.69) is 26.6 Å². The molecule has 1 heterocycles. The Labute approximate surface area is 204 Å². The highest BCUT2D eigenvalue weighted by atomic mass is 79.9. The molecule has 0 aliphatic rings. The van der Waals surface area contributed by atoms with Gasteiger partial charge >= 0.3 is 0 Å². The van der Waals surface area contributed by atoms with Gasteiger partial charge in [0.25, 0.3) is 5.91 Å². The lowest BCUT2D eigenvalue weighted by molar-refractivity contribution is -0.126. The first-order chi connectivity index (χ1) is 15.2. The van der Waals surface area contributed by atoms with Crippen LogP contribution < -0.4 is 20.1 Å². The summed E-state index contributed by atoms with van der Waals surface area (Å²) < 4.78 is 11.8. The first kappa shape index (κ1) is 24.1. The van der Waals surface area contributed by atoms with Crippen molar-refractivity contribution in [1.82, 2.24) is 10.6 Å². The number of hydrogen-bond donors (Lipinski definition) is 2. The second-order valence-electron chi connectivity index (χ2n) is 7.41. The Kier molecular flexibility index (Phi) is 7.82. The minimum Gasteiger partial charge on any atom is -0.497 e. The predicted molar refractivity (Wildman–Crippen MR) is 130 cm³/mol. The van der Waals surface area contributed by atoms with Crippen LogP contribution in [0.25, 0.3) is 0 Å². The van der Waals surface area contributed by atoms with E-state index in [1.807, 2.05) is 12.1 Å². The number of ether oxygens (including phenoxy) is 2. The standard InChI is InChI=1S/C23H22BrClN2O4S/c1-23(2,27-21(28)19-10-11-20(24)32-19)22(29)26-13-14-4-6-15(7-5-14)31-18-9-8-16(30-3)12-17(18)25/h4-12H,13H2,1-3H3,(H,26,29)(H,27,28). The summed E-state index contributed by atoms with van der Waals surface area (Å²) in [6.45, 7) is 3.64. The molecule has 2 amide bonds. The van der Waals surface area contributed by atoms with Crippen LogP contribution in [0, 0.1) is 0 Å². The quantitative estimate of drug-likeness (QED) is 0.381. The molecule has 0 radical (unpaired) electrons. The van der Waals surface area contributed by atoms with Crippen LogP contribution >= 0.6 is 38.9 Å². The maximum atomic E-state index is 12.6. The molecule has 0 fully saturated rings. The van der Waals surface area contributed by atoms with Gasteiger partial charge in [0.15, 0.2) is 0 Å². The van der Waals surface area contributed by atoms with Gasteiger partial charge in [-0.15, -0.1) is 11.3 Å². The van der Waals surface area contributed by atoms with Gasteiger partial charge in [-0.05, 0) is 71.7 Å². The highest BCUT2D eigenvalue weighted by molar-refractivity contribution is 9.11. The van der Waals surface area contributed by atoms with E-state index >= 15 is 0 Å². The van der Waals surface area contributed by atoms with Crippen LogP contribution in [0.4, 0.5) is 0 Å². The second-order valence-corrected chi connectivity index (χ2v) is 10.3.